The Morgan fingerprint density at radius 2 is 1.80 bits per heavy atom. The summed E-state index contributed by atoms with van der Waals surface area (Å²) in [5, 5.41) is 21.0. The number of aromatic nitrogens is 1. The maximum absolute atomic E-state index is 12.9. The van der Waals surface area contributed by atoms with Gasteiger partial charge in [-0.25, -0.2) is 13.4 Å². The summed E-state index contributed by atoms with van der Waals surface area (Å²) in [4.78, 5) is 34.6. The number of hydrogen-bond donors (Lipinski definition) is 4. The number of carbonyl (C=O) groups is 2. The molecule has 11 nitrogen and oxygen atoms in total. The lowest BCUT2D eigenvalue weighted by atomic mass is 9.76. The monoisotopic (exact) mass is 565 g/mol. The van der Waals surface area contributed by atoms with E-state index in [0.29, 0.717) is 17.7 Å². The fourth-order valence-corrected chi connectivity index (χ4v) is 6.33. The van der Waals surface area contributed by atoms with Crippen LogP contribution in [-0.2, 0) is 24.4 Å². The molecule has 1 fully saturated rings. The summed E-state index contributed by atoms with van der Waals surface area (Å²) < 4.78 is 28.0. The molecule has 210 valence electrons. The second-order valence-electron chi connectivity index (χ2n) is 10.3. The zero-order valence-electron chi connectivity index (χ0n) is 21.7. The zero-order valence-corrected chi connectivity index (χ0v) is 22.6. The summed E-state index contributed by atoms with van der Waals surface area (Å²) in [6, 6.07) is 15.9. The second kappa shape index (κ2) is 11.6. The van der Waals surface area contributed by atoms with Gasteiger partial charge < -0.3 is 20.6 Å². The minimum absolute atomic E-state index is 0.0647. The Morgan fingerprint density at radius 3 is 2.52 bits per heavy atom. The molecule has 0 saturated heterocycles. The van der Waals surface area contributed by atoms with E-state index in [0.717, 1.165) is 43.4 Å². The van der Waals surface area contributed by atoms with E-state index in [-0.39, 0.29) is 10.6 Å². The summed E-state index contributed by atoms with van der Waals surface area (Å²) in [5.74, 6) is -0.710. The number of anilines is 1. The Balaban J connectivity index is 1.12. The maximum atomic E-state index is 12.9. The van der Waals surface area contributed by atoms with Gasteiger partial charge in [0.25, 0.3) is 5.91 Å². The first kappa shape index (κ1) is 27.5. The normalized spacial score (nSPS) is 21.4. The van der Waals surface area contributed by atoms with Crippen LogP contribution in [0.15, 0.2) is 76.9 Å². The number of oxime groups is 1. The highest BCUT2D eigenvalue weighted by atomic mass is 32.2. The molecule has 40 heavy (non-hydrogen) atoms. The van der Waals surface area contributed by atoms with E-state index in [1.165, 1.54) is 12.1 Å². The van der Waals surface area contributed by atoms with E-state index in [1.807, 2.05) is 30.3 Å². The molecule has 2 heterocycles. The lowest BCUT2D eigenvalue weighted by molar-refractivity contribution is -0.138. The van der Waals surface area contributed by atoms with E-state index >= 15 is 0 Å². The van der Waals surface area contributed by atoms with Crippen molar-refractivity contribution in [3.63, 3.8) is 0 Å². The molecular weight excluding hydrogens is 534 g/mol. The first-order chi connectivity index (χ1) is 19.2. The molecule has 1 amide bonds. The minimum Gasteiger partial charge on any atom is -0.480 e. The number of sulfonamides is 1. The molecule has 1 saturated carbocycles. The average molecular weight is 566 g/mol. The van der Waals surface area contributed by atoms with Crippen molar-refractivity contribution >= 4 is 44.2 Å². The van der Waals surface area contributed by atoms with Crippen molar-refractivity contribution in [2.24, 2.45) is 11.1 Å². The molecule has 2 aromatic carbocycles. The minimum atomic E-state index is -4.16. The lowest BCUT2D eigenvalue weighted by Crippen LogP contribution is -2.49. The van der Waals surface area contributed by atoms with Crippen LogP contribution in [0.1, 0.15) is 32.1 Å². The summed E-state index contributed by atoms with van der Waals surface area (Å²) >= 11 is 0. The molecule has 2 aliphatic rings. The standard InChI is InChI=1S/C28H31N5O6S/c34-26(23-16-28(39-32-23)12-10-19(11-13-28)17-30-25-7-3-4-14-29-25)31-18-24(27(35)36)33-40(37,38)22-9-8-20-5-1-2-6-21(20)15-22/h1-9,14-15,19,24,33H,10-13,16-18H2,(H,29,30)(H,31,34)(H,35,36)/t19?,24-,28?/m0/s1. The molecule has 4 N–H and O–H groups in total. The topological polar surface area (TPSA) is 159 Å². The third kappa shape index (κ3) is 6.40. The van der Waals surface area contributed by atoms with Crippen molar-refractivity contribution in [3.8, 4) is 0 Å². The van der Waals surface area contributed by atoms with Crippen LogP contribution >= 0.6 is 0 Å². The molecule has 1 aromatic heterocycles. The fraction of sp³-hybridized carbons (Fsp3) is 0.357. The molecule has 5 rings (SSSR count). The van der Waals surface area contributed by atoms with Crippen molar-refractivity contribution < 1.29 is 28.0 Å². The van der Waals surface area contributed by atoms with Crippen LogP contribution in [0.3, 0.4) is 0 Å². The summed E-state index contributed by atoms with van der Waals surface area (Å²) in [6.07, 6.45) is 5.35. The highest BCUT2D eigenvalue weighted by molar-refractivity contribution is 7.89. The smallest absolute Gasteiger partial charge is 0.323 e. The van der Waals surface area contributed by atoms with Gasteiger partial charge in [-0.3, -0.25) is 9.59 Å². The van der Waals surface area contributed by atoms with Crippen molar-refractivity contribution in [2.45, 2.75) is 48.6 Å². The van der Waals surface area contributed by atoms with Crippen LogP contribution in [0.4, 0.5) is 5.82 Å². The number of pyridine rings is 1. The SMILES string of the molecule is O=C(NC[C@H](NS(=O)(=O)c1ccc2ccccc2c1)C(=O)O)C1=NOC2(CCC(CNc3ccccn3)CC2)C1. The quantitative estimate of drug-likeness (QED) is 0.292. The van der Waals surface area contributed by atoms with Crippen molar-refractivity contribution in [1.82, 2.24) is 15.0 Å². The maximum Gasteiger partial charge on any atom is 0.323 e. The Kier molecular flexibility index (Phi) is 7.99. The van der Waals surface area contributed by atoms with Gasteiger partial charge in [-0.2, -0.15) is 4.72 Å². The fourth-order valence-electron chi connectivity index (χ4n) is 5.10. The van der Waals surface area contributed by atoms with Gasteiger partial charge in [0.2, 0.25) is 10.0 Å². The first-order valence-electron chi connectivity index (χ1n) is 13.2. The highest BCUT2D eigenvalue weighted by Gasteiger charge is 2.44. The Morgan fingerprint density at radius 1 is 1.05 bits per heavy atom. The number of amides is 1. The van der Waals surface area contributed by atoms with Crippen molar-refractivity contribution in [1.29, 1.82) is 0 Å². The second-order valence-corrected chi connectivity index (χ2v) is 12.0. The van der Waals surface area contributed by atoms with Gasteiger partial charge >= 0.3 is 5.97 Å². The van der Waals surface area contributed by atoms with Crippen LogP contribution in [0, 0.1) is 5.92 Å². The number of carboxylic acid groups (broad SMARTS) is 1. The number of hydrogen-bond acceptors (Lipinski definition) is 8. The van der Waals surface area contributed by atoms with Crippen LogP contribution in [-0.4, -0.2) is 60.8 Å². The number of fused-ring (bicyclic) bond motifs is 1. The third-order valence-electron chi connectivity index (χ3n) is 7.45. The van der Waals surface area contributed by atoms with E-state index in [2.05, 4.69) is 25.5 Å². The number of rotatable bonds is 10. The average Bonchev–Trinajstić information content (AvgIpc) is 3.38. The van der Waals surface area contributed by atoms with E-state index < -0.39 is 40.1 Å². The van der Waals surface area contributed by atoms with Crippen molar-refractivity contribution in [3.05, 3.63) is 66.9 Å². The first-order valence-corrected chi connectivity index (χ1v) is 14.6. The largest absolute Gasteiger partial charge is 0.480 e. The number of nitrogens with zero attached hydrogens (tertiary/aromatic N) is 2. The molecule has 0 radical (unpaired) electrons. The predicted molar refractivity (Wildman–Crippen MR) is 149 cm³/mol. The van der Waals surface area contributed by atoms with Gasteiger partial charge in [-0.15, -0.1) is 0 Å². The zero-order chi connectivity index (χ0) is 28.2. The molecule has 0 unspecified atom stereocenters. The molecule has 12 heteroatoms. The van der Waals surface area contributed by atoms with Crippen molar-refractivity contribution in [2.75, 3.05) is 18.4 Å². The molecule has 3 aromatic rings. The Labute approximate surface area is 232 Å². The lowest BCUT2D eigenvalue weighted by Gasteiger charge is -2.34. The summed E-state index contributed by atoms with van der Waals surface area (Å²) in [7, 11) is -4.16. The van der Waals surface area contributed by atoms with Gasteiger partial charge in [-0.05, 0) is 66.6 Å². The Bertz CT molecular complexity index is 1520. The van der Waals surface area contributed by atoms with Gasteiger partial charge in [0.1, 0.15) is 23.2 Å². The van der Waals surface area contributed by atoms with Crippen LogP contribution in [0.5, 0.6) is 0 Å². The third-order valence-corrected chi connectivity index (χ3v) is 8.92. The van der Waals surface area contributed by atoms with Crippen LogP contribution in [0.25, 0.3) is 10.8 Å². The van der Waals surface area contributed by atoms with Gasteiger partial charge in [0.15, 0.2) is 0 Å². The van der Waals surface area contributed by atoms with Gasteiger partial charge in [-0.1, -0.05) is 41.6 Å². The Hall–Kier alpha value is -4.03. The number of nitrogens with one attached hydrogen (secondary N) is 3. The predicted octanol–water partition coefficient (Wildman–Crippen LogP) is 2.90. The molecule has 1 atom stereocenters. The highest BCUT2D eigenvalue weighted by Crippen LogP contribution is 2.40. The van der Waals surface area contributed by atoms with Crippen LogP contribution in [0.2, 0.25) is 0 Å². The number of carbonyl (C=O) groups excluding carboxylic acids is 1. The van der Waals surface area contributed by atoms with E-state index in [4.69, 9.17) is 4.84 Å². The summed E-state index contributed by atoms with van der Waals surface area (Å²) in [5.41, 5.74) is -0.371. The van der Waals surface area contributed by atoms with Crippen LogP contribution < -0.4 is 15.4 Å². The van der Waals surface area contributed by atoms with Gasteiger partial charge in [0.05, 0.1) is 4.90 Å². The number of carboxylic acids is 1. The van der Waals surface area contributed by atoms with Gasteiger partial charge in [0, 0.05) is 25.7 Å². The van der Waals surface area contributed by atoms with E-state index in [1.54, 1.807) is 24.4 Å². The molecule has 1 spiro atoms. The molecule has 1 aliphatic heterocycles. The molecule has 0 bridgehead atoms. The molecule has 1 aliphatic carbocycles. The molecular formula is C28H31N5O6S. The summed E-state index contributed by atoms with van der Waals surface area (Å²) in [6.45, 7) is 0.348. The number of benzene rings is 2. The van der Waals surface area contributed by atoms with E-state index in [9.17, 15) is 23.1 Å². The number of aliphatic carboxylic acids is 1.